The van der Waals surface area contributed by atoms with Crippen LogP contribution >= 0.6 is 0 Å². The van der Waals surface area contributed by atoms with Crippen LogP contribution in [-0.2, 0) is 11.3 Å². The summed E-state index contributed by atoms with van der Waals surface area (Å²) in [6.07, 6.45) is 5.79. The van der Waals surface area contributed by atoms with Gasteiger partial charge in [0.05, 0.1) is 0 Å². The molecule has 4 nitrogen and oxygen atoms in total. The van der Waals surface area contributed by atoms with E-state index in [4.69, 9.17) is 0 Å². The molecule has 4 heteroatoms. The van der Waals surface area contributed by atoms with Crippen molar-refractivity contribution < 1.29 is 4.79 Å². The lowest BCUT2D eigenvalue weighted by Crippen LogP contribution is -2.31. The lowest BCUT2D eigenvalue weighted by Gasteiger charge is -2.14. The monoisotopic (exact) mass is 179 g/mol. The van der Waals surface area contributed by atoms with E-state index in [9.17, 15) is 4.79 Å². The predicted octanol–water partition coefficient (Wildman–Crippen LogP) is 0.506. The van der Waals surface area contributed by atoms with Gasteiger partial charge in [-0.15, -0.1) is 0 Å². The zero-order valence-corrected chi connectivity index (χ0v) is 7.52. The Labute approximate surface area is 77.1 Å². The third-order valence-electron chi connectivity index (χ3n) is 2.32. The summed E-state index contributed by atoms with van der Waals surface area (Å²) in [5, 5.41) is 4.00. The summed E-state index contributed by atoms with van der Waals surface area (Å²) in [6.45, 7) is 2.22. The predicted molar refractivity (Wildman–Crippen MR) is 48.0 cm³/mol. The lowest BCUT2D eigenvalue weighted by atomic mass is 10.4. The van der Waals surface area contributed by atoms with Crippen LogP contribution in [0.1, 0.15) is 12.8 Å². The second-order valence-corrected chi connectivity index (χ2v) is 3.29. The zero-order chi connectivity index (χ0) is 9.10. The number of hydrogen-bond donors (Lipinski definition) is 0. The summed E-state index contributed by atoms with van der Waals surface area (Å²) in [5.74, 6) is 0.182. The first-order valence-electron chi connectivity index (χ1n) is 4.61. The summed E-state index contributed by atoms with van der Waals surface area (Å²) in [5.41, 5.74) is 0. The van der Waals surface area contributed by atoms with Crippen molar-refractivity contribution in [3.05, 3.63) is 18.5 Å². The fraction of sp³-hybridized carbons (Fsp3) is 0.556. The van der Waals surface area contributed by atoms with Crippen LogP contribution in [0.25, 0.3) is 0 Å². The van der Waals surface area contributed by atoms with Crippen molar-refractivity contribution in [2.75, 3.05) is 13.1 Å². The quantitative estimate of drug-likeness (QED) is 0.663. The van der Waals surface area contributed by atoms with E-state index >= 15 is 0 Å². The number of hydrogen-bond acceptors (Lipinski definition) is 2. The van der Waals surface area contributed by atoms with Crippen molar-refractivity contribution in [2.45, 2.75) is 19.4 Å². The van der Waals surface area contributed by atoms with Crippen LogP contribution in [0.3, 0.4) is 0 Å². The third-order valence-corrected chi connectivity index (χ3v) is 2.32. The molecule has 0 bridgehead atoms. The molecule has 0 aromatic carbocycles. The highest BCUT2D eigenvalue weighted by atomic mass is 16.2. The summed E-state index contributed by atoms with van der Waals surface area (Å²) in [4.78, 5) is 13.5. The Kier molecular flexibility index (Phi) is 2.29. The highest BCUT2D eigenvalue weighted by molar-refractivity contribution is 5.76. The number of carbonyl (C=O) groups is 1. The zero-order valence-electron chi connectivity index (χ0n) is 7.52. The van der Waals surface area contributed by atoms with Gasteiger partial charge in [-0.1, -0.05) is 0 Å². The van der Waals surface area contributed by atoms with Crippen LogP contribution in [0.15, 0.2) is 18.5 Å². The Bertz CT molecular complexity index is 275. The summed E-state index contributed by atoms with van der Waals surface area (Å²) < 4.78 is 1.67. The maximum atomic E-state index is 11.6. The molecule has 70 valence electrons. The SMILES string of the molecule is O=C(Cn1cccn1)N1CCCC1. The first-order valence-corrected chi connectivity index (χ1v) is 4.61. The van der Waals surface area contributed by atoms with E-state index in [0.717, 1.165) is 25.9 Å². The van der Waals surface area contributed by atoms with Crippen LogP contribution in [0.4, 0.5) is 0 Å². The molecule has 0 aliphatic carbocycles. The van der Waals surface area contributed by atoms with E-state index in [2.05, 4.69) is 5.10 Å². The summed E-state index contributed by atoms with van der Waals surface area (Å²) in [6, 6.07) is 1.83. The maximum Gasteiger partial charge on any atom is 0.244 e. The molecule has 2 rings (SSSR count). The molecule has 0 spiro atoms. The molecule has 1 saturated heterocycles. The number of likely N-dealkylation sites (tertiary alicyclic amines) is 1. The lowest BCUT2D eigenvalue weighted by molar-refractivity contribution is -0.130. The fourth-order valence-corrected chi connectivity index (χ4v) is 1.60. The minimum atomic E-state index is 0.182. The molecule has 1 aromatic heterocycles. The van der Waals surface area contributed by atoms with Crippen LogP contribution in [0.5, 0.6) is 0 Å². The molecule has 1 aliphatic heterocycles. The first kappa shape index (κ1) is 8.29. The molecule has 0 saturated carbocycles. The van der Waals surface area contributed by atoms with Crippen molar-refractivity contribution >= 4 is 5.91 Å². The Hall–Kier alpha value is -1.32. The third kappa shape index (κ3) is 1.88. The standard InChI is InChI=1S/C9H13N3O/c13-9(11-5-1-2-6-11)8-12-7-3-4-10-12/h3-4,7H,1-2,5-6,8H2. The Morgan fingerprint density at radius 2 is 2.15 bits per heavy atom. The van der Waals surface area contributed by atoms with Crippen LogP contribution in [0, 0.1) is 0 Å². The van der Waals surface area contributed by atoms with Gasteiger partial charge in [-0.2, -0.15) is 5.10 Å². The van der Waals surface area contributed by atoms with Gasteiger partial charge >= 0.3 is 0 Å². The van der Waals surface area contributed by atoms with E-state index < -0.39 is 0 Å². The average Bonchev–Trinajstić information content (AvgIpc) is 2.74. The van der Waals surface area contributed by atoms with Crippen LogP contribution < -0.4 is 0 Å². The normalized spacial score (nSPS) is 16.5. The number of rotatable bonds is 2. The van der Waals surface area contributed by atoms with E-state index in [-0.39, 0.29) is 5.91 Å². The molecule has 2 heterocycles. The topological polar surface area (TPSA) is 38.1 Å². The largest absolute Gasteiger partial charge is 0.341 e. The molecule has 1 fully saturated rings. The average molecular weight is 179 g/mol. The van der Waals surface area contributed by atoms with Gasteiger partial charge in [-0.3, -0.25) is 9.48 Å². The van der Waals surface area contributed by atoms with Gasteiger partial charge in [-0.05, 0) is 18.9 Å². The molecule has 0 atom stereocenters. The smallest absolute Gasteiger partial charge is 0.244 e. The van der Waals surface area contributed by atoms with Crippen molar-refractivity contribution in [2.24, 2.45) is 0 Å². The highest BCUT2D eigenvalue weighted by Crippen LogP contribution is 2.07. The molecule has 1 aromatic rings. The molecule has 0 N–H and O–H groups in total. The van der Waals surface area contributed by atoms with Gasteiger partial charge in [0.15, 0.2) is 0 Å². The van der Waals surface area contributed by atoms with Crippen molar-refractivity contribution in [1.82, 2.24) is 14.7 Å². The van der Waals surface area contributed by atoms with E-state index in [1.807, 2.05) is 17.2 Å². The maximum absolute atomic E-state index is 11.6. The molecular weight excluding hydrogens is 166 g/mol. The van der Waals surface area contributed by atoms with E-state index in [1.165, 1.54) is 0 Å². The number of carbonyl (C=O) groups excluding carboxylic acids is 1. The van der Waals surface area contributed by atoms with Crippen LogP contribution in [0.2, 0.25) is 0 Å². The number of nitrogens with zero attached hydrogens (tertiary/aromatic N) is 3. The van der Waals surface area contributed by atoms with Gasteiger partial charge < -0.3 is 4.90 Å². The Morgan fingerprint density at radius 3 is 2.77 bits per heavy atom. The summed E-state index contributed by atoms with van der Waals surface area (Å²) >= 11 is 0. The molecular formula is C9H13N3O. The number of amides is 1. The first-order chi connectivity index (χ1) is 6.36. The minimum Gasteiger partial charge on any atom is -0.341 e. The van der Waals surface area contributed by atoms with Crippen molar-refractivity contribution in [1.29, 1.82) is 0 Å². The van der Waals surface area contributed by atoms with Gasteiger partial charge in [0.2, 0.25) is 5.91 Å². The molecule has 0 unspecified atom stereocenters. The Balaban J connectivity index is 1.91. The highest BCUT2D eigenvalue weighted by Gasteiger charge is 2.17. The van der Waals surface area contributed by atoms with Gasteiger partial charge in [0.1, 0.15) is 6.54 Å². The fourth-order valence-electron chi connectivity index (χ4n) is 1.60. The molecule has 1 amide bonds. The van der Waals surface area contributed by atoms with E-state index in [1.54, 1.807) is 10.9 Å². The summed E-state index contributed by atoms with van der Waals surface area (Å²) in [7, 11) is 0. The Morgan fingerprint density at radius 1 is 1.38 bits per heavy atom. The van der Waals surface area contributed by atoms with Crippen molar-refractivity contribution in [3.63, 3.8) is 0 Å². The molecule has 0 radical (unpaired) electrons. The van der Waals surface area contributed by atoms with Gasteiger partial charge in [-0.25, -0.2) is 0 Å². The van der Waals surface area contributed by atoms with Gasteiger partial charge in [0.25, 0.3) is 0 Å². The second kappa shape index (κ2) is 3.60. The second-order valence-electron chi connectivity index (χ2n) is 3.29. The van der Waals surface area contributed by atoms with Gasteiger partial charge in [0, 0.05) is 25.5 Å². The van der Waals surface area contributed by atoms with Crippen molar-refractivity contribution in [3.8, 4) is 0 Å². The minimum absolute atomic E-state index is 0.182. The molecule has 1 aliphatic rings. The van der Waals surface area contributed by atoms with Crippen LogP contribution in [-0.4, -0.2) is 33.7 Å². The van der Waals surface area contributed by atoms with E-state index in [0.29, 0.717) is 6.54 Å². The molecule has 13 heavy (non-hydrogen) atoms. The number of aromatic nitrogens is 2.